The lowest BCUT2D eigenvalue weighted by Crippen LogP contribution is -2.42. The lowest BCUT2D eigenvalue weighted by molar-refractivity contribution is -0.134. The van der Waals surface area contributed by atoms with Crippen molar-refractivity contribution in [3.05, 3.63) is 35.8 Å². The SMILES string of the molecule is Cc1cc(C(C)C(=O)N2CCCC(n3cncn3)C2)c(C)o1. The number of furan rings is 1. The minimum atomic E-state index is -0.174. The van der Waals surface area contributed by atoms with Crippen molar-refractivity contribution in [2.45, 2.75) is 45.6 Å². The van der Waals surface area contributed by atoms with Gasteiger partial charge in [-0.15, -0.1) is 0 Å². The molecular weight excluding hydrogens is 280 g/mol. The number of carbonyl (C=O) groups is 1. The molecule has 2 aromatic rings. The molecule has 1 fully saturated rings. The van der Waals surface area contributed by atoms with E-state index in [-0.39, 0.29) is 17.9 Å². The first-order valence-electron chi connectivity index (χ1n) is 7.76. The zero-order valence-corrected chi connectivity index (χ0v) is 13.3. The molecule has 6 nitrogen and oxygen atoms in total. The fraction of sp³-hybridized carbons (Fsp3) is 0.562. The van der Waals surface area contributed by atoms with Gasteiger partial charge in [-0.2, -0.15) is 5.10 Å². The van der Waals surface area contributed by atoms with E-state index in [1.54, 1.807) is 12.7 Å². The number of likely N-dealkylation sites (tertiary alicyclic amines) is 1. The van der Waals surface area contributed by atoms with Crippen LogP contribution in [0.5, 0.6) is 0 Å². The normalized spacial score (nSPS) is 20.1. The van der Waals surface area contributed by atoms with Crippen LogP contribution in [0, 0.1) is 13.8 Å². The molecule has 22 heavy (non-hydrogen) atoms. The highest BCUT2D eigenvalue weighted by Crippen LogP contribution is 2.28. The van der Waals surface area contributed by atoms with Crippen LogP contribution in [0.15, 0.2) is 23.1 Å². The third-order valence-electron chi connectivity index (χ3n) is 4.44. The van der Waals surface area contributed by atoms with E-state index in [4.69, 9.17) is 4.42 Å². The minimum Gasteiger partial charge on any atom is -0.466 e. The number of aromatic nitrogens is 3. The molecule has 3 heterocycles. The fourth-order valence-corrected chi connectivity index (χ4v) is 3.26. The standard InChI is InChI=1S/C16H22N4O2/c1-11-7-15(13(3)22-11)12(2)16(21)19-6-4-5-14(8-19)20-10-17-9-18-20/h7,9-10,12,14H,4-6,8H2,1-3H3. The Morgan fingerprint density at radius 1 is 1.45 bits per heavy atom. The highest BCUT2D eigenvalue weighted by atomic mass is 16.3. The number of aryl methyl sites for hydroxylation is 2. The molecule has 3 rings (SSSR count). The maximum absolute atomic E-state index is 12.8. The van der Waals surface area contributed by atoms with Gasteiger partial charge in [-0.05, 0) is 39.7 Å². The van der Waals surface area contributed by atoms with Gasteiger partial charge in [0.1, 0.15) is 24.2 Å². The molecule has 118 valence electrons. The third kappa shape index (κ3) is 2.77. The van der Waals surface area contributed by atoms with Crippen molar-refractivity contribution in [2.24, 2.45) is 0 Å². The molecule has 1 aliphatic heterocycles. The Balaban J connectivity index is 1.72. The Kier molecular flexibility index (Phi) is 4.00. The average Bonchev–Trinajstić information content (AvgIpc) is 3.15. The zero-order valence-electron chi connectivity index (χ0n) is 13.3. The second-order valence-corrected chi connectivity index (χ2v) is 6.05. The van der Waals surface area contributed by atoms with Crippen molar-refractivity contribution in [3.8, 4) is 0 Å². The summed E-state index contributed by atoms with van der Waals surface area (Å²) in [5, 5.41) is 4.21. The van der Waals surface area contributed by atoms with Gasteiger partial charge in [-0.25, -0.2) is 9.67 Å². The summed E-state index contributed by atoms with van der Waals surface area (Å²) in [7, 11) is 0. The maximum atomic E-state index is 12.8. The van der Waals surface area contributed by atoms with Crippen LogP contribution in [0.25, 0.3) is 0 Å². The van der Waals surface area contributed by atoms with Crippen LogP contribution in [0.1, 0.15) is 48.8 Å². The maximum Gasteiger partial charge on any atom is 0.230 e. The summed E-state index contributed by atoms with van der Waals surface area (Å²) < 4.78 is 7.42. The van der Waals surface area contributed by atoms with Gasteiger partial charge in [-0.3, -0.25) is 4.79 Å². The van der Waals surface area contributed by atoms with E-state index >= 15 is 0 Å². The van der Waals surface area contributed by atoms with Gasteiger partial charge in [0.2, 0.25) is 5.91 Å². The lowest BCUT2D eigenvalue weighted by atomic mass is 9.97. The van der Waals surface area contributed by atoms with Gasteiger partial charge in [0.25, 0.3) is 0 Å². The fourth-order valence-electron chi connectivity index (χ4n) is 3.26. The average molecular weight is 302 g/mol. The number of rotatable bonds is 3. The van der Waals surface area contributed by atoms with Crippen LogP contribution < -0.4 is 0 Å². The molecule has 0 aromatic carbocycles. The predicted octanol–water partition coefficient (Wildman–Crippen LogP) is 2.46. The van der Waals surface area contributed by atoms with Crippen LogP contribution >= 0.6 is 0 Å². The lowest BCUT2D eigenvalue weighted by Gasteiger charge is -2.34. The van der Waals surface area contributed by atoms with Gasteiger partial charge in [0, 0.05) is 18.7 Å². The first kappa shape index (κ1) is 14.8. The first-order valence-corrected chi connectivity index (χ1v) is 7.76. The Labute approximate surface area is 130 Å². The molecular formula is C16H22N4O2. The molecule has 6 heteroatoms. The Bertz CT molecular complexity index is 647. The number of hydrogen-bond donors (Lipinski definition) is 0. The van der Waals surface area contributed by atoms with E-state index in [1.165, 1.54) is 0 Å². The Morgan fingerprint density at radius 3 is 2.91 bits per heavy atom. The summed E-state index contributed by atoms with van der Waals surface area (Å²) in [4.78, 5) is 18.8. The van der Waals surface area contributed by atoms with Crippen LogP contribution in [0.4, 0.5) is 0 Å². The summed E-state index contributed by atoms with van der Waals surface area (Å²) in [6.07, 6.45) is 5.30. The minimum absolute atomic E-state index is 0.161. The monoisotopic (exact) mass is 302 g/mol. The van der Waals surface area contributed by atoms with Crippen molar-refractivity contribution >= 4 is 5.91 Å². The van der Waals surface area contributed by atoms with E-state index in [1.807, 2.05) is 36.4 Å². The predicted molar refractivity (Wildman–Crippen MR) is 81.5 cm³/mol. The molecule has 2 aromatic heterocycles. The molecule has 1 amide bonds. The van der Waals surface area contributed by atoms with Crippen molar-refractivity contribution in [2.75, 3.05) is 13.1 Å². The molecule has 2 unspecified atom stereocenters. The van der Waals surface area contributed by atoms with E-state index in [0.717, 1.165) is 36.5 Å². The van der Waals surface area contributed by atoms with Gasteiger partial charge < -0.3 is 9.32 Å². The topological polar surface area (TPSA) is 64.2 Å². The molecule has 0 saturated carbocycles. The summed E-state index contributed by atoms with van der Waals surface area (Å²) >= 11 is 0. The molecule has 0 radical (unpaired) electrons. The summed E-state index contributed by atoms with van der Waals surface area (Å²) in [6, 6.07) is 2.19. The summed E-state index contributed by atoms with van der Waals surface area (Å²) in [5.41, 5.74) is 0.991. The molecule has 0 bridgehead atoms. The highest BCUT2D eigenvalue weighted by Gasteiger charge is 2.30. The van der Waals surface area contributed by atoms with Crippen LogP contribution in [-0.4, -0.2) is 38.7 Å². The number of carbonyl (C=O) groups excluding carboxylic acids is 1. The summed E-state index contributed by atoms with van der Waals surface area (Å²) in [6.45, 7) is 7.29. The molecule has 0 N–H and O–H groups in total. The van der Waals surface area contributed by atoms with Gasteiger partial charge >= 0.3 is 0 Å². The van der Waals surface area contributed by atoms with Gasteiger partial charge in [-0.1, -0.05) is 0 Å². The van der Waals surface area contributed by atoms with Crippen molar-refractivity contribution in [1.29, 1.82) is 0 Å². The molecule has 2 atom stereocenters. The quantitative estimate of drug-likeness (QED) is 0.873. The molecule has 1 saturated heterocycles. The largest absolute Gasteiger partial charge is 0.466 e. The summed E-state index contributed by atoms with van der Waals surface area (Å²) in [5.74, 6) is 1.68. The van der Waals surface area contributed by atoms with Crippen molar-refractivity contribution < 1.29 is 9.21 Å². The Hall–Kier alpha value is -2.11. The van der Waals surface area contributed by atoms with Crippen LogP contribution in [-0.2, 0) is 4.79 Å². The zero-order chi connectivity index (χ0) is 15.7. The highest BCUT2D eigenvalue weighted by molar-refractivity contribution is 5.83. The second kappa shape index (κ2) is 5.94. The van der Waals surface area contributed by atoms with Crippen molar-refractivity contribution in [1.82, 2.24) is 19.7 Å². The van der Waals surface area contributed by atoms with E-state index in [2.05, 4.69) is 10.1 Å². The third-order valence-corrected chi connectivity index (χ3v) is 4.44. The molecule has 0 aliphatic carbocycles. The number of piperidine rings is 1. The van der Waals surface area contributed by atoms with Gasteiger partial charge in [0.15, 0.2) is 0 Å². The van der Waals surface area contributed by atoms with Gasteiger partial charge in [0.05, 0.1) is 12.0 Å². The van der Waals surface area contributed by atoms with Crippen LogP contribution in [0.3, 0.4) is 0 Å². The number of nitrogens with zero attached hydrogens (tertiary/aromatic N) is 4. The number of hydrogen-bond acceptors (Lipinski definition) is 4. The molecule has 0 spiro atoms. The van der Waals surface area contributed by atoms with E-state index in [0.29, 0.717) is 6.54 Å². The van der Waals surface area contributed by atoms with Crippen molar-refractivity contribution in [3.63, 3.8) is 0 Å². The first-order chi connectivity index (χ1) is 10.6. The van der Waals surface area contributed by atoms with E-state index in [9.17, 15) is 4.79 Å². The van der Waals surface area contributed by atoms with E-state index < -0.39 is 0 Å². The smallest absolute Gasteiger partial charge is 0.230 e. The second-order valence-electron chi connectivity index (χ2n) is 6.05. The molecule has 1 aliphatic rings. The van der Waals surface area contributed by atoms with Crippen LogP contribution in [0.2, 0.25) is 0 Å². The Morgan fingerprint density at radius 2 is 2.27 bits per heavy atom. The number of amides is 1.